The quantitative estimate of drug-likeness (QED) is 0.853. The molecule has 0 amide bonds. The normalized spacial score (nSPS) is 27.1. The molecule has 1 saturated carbocycles. The van der Waals surface area contributed by atoms with Gasteiger partial charge in [0.1, 0.15) is 5.76 Å². The van der Waals surface area contributed by atoms with Crippen molar-refractivity contribution in [1.29, 1.82) is 0 Å². The maximum absolute atomic E-state index is 9.84. The molecule has 0 aromatic carbocycles. The van der Waals surface area contributed by atoms with E-state index in [0.29, 0.717) is 0 Å². The predicted octanol–water partition coefficient (Wildman–Crippen LogP) is 1.25. The summed E-state index contributed by atoms with van der Waals surface area (Å²) in [5.74, 6) is 0.943. The van der Waals surface area contributed by atoms with Gasteiger partial charge in [-0.2, -0.15) is 5.10 Å². The minimum Gasteiger partial charge on any atom is -0.469 e. The standard InChI is InChI=1S/C13H17N3O2/c1-9-10(3-6-18-9)8-14-11-7-12(17)13(11)16-5-2-4-15-16/h2-6,11-14,17H,7-8H2,1H3/t11-,12+,13+/m0/s1. The molecule has 0 spiro atoms. The molecule has 0 radical (unpaired) electrons. The molecule has 5 nitrogen and oxygen atoms in total. The molecule has 0 aliphatic heterocycles. The summed E-state index contributed by atoms with van der Waals surface area (Å²) in [6, 6.07) is 4.14. The molecule has 5 heteroatoms. The minimum atomic E-state index is -0.312. The van der Waals surface area contributed by atoms with Crippen molar-refractivity contribution in [3.8, 4) is 0 Å². The zero-order valence-electron chi connectivity index (χ0n) is 10.3. The molecule has 0 unspecified atom stereocenters. The SMILES string of the molecule is Cc1occc1CN[C@H]1C[C@@H](O)[C@@H]1n1cccn1. The summed E-state index contributed by atoms with van der Waals surface area (Å²) in [6.45, 7) is 2.72. The first-order chi connectivity index (χ1) is 8.75. The second-order valence-electron chi connectivity index (χ2n) is 4.77. The Morgan fingerprint density at radius 2 is 2.50 bits per heavy atom. The van der Waals surface area contributed by atoms with E-state index >= 15 is 0 Å². The van der Waals surface area contributed by atoms with Crippen molar-refractivity contribution >= 4 is 0 Å². The summed E-state index contributed by atoms with van der Waals surface area (Å²) in [7, 11) is 0. The van der Waals surface area contributed by atoms with E-state index in [9.17, 15) is 5.11 Å². The largest absolute Gasteiger partial charge is 0.469 e. The van der Waals surface area contributed by atoms with Gasteiger partial charge in [0, 0.05) is 30.5 Å². The van der Waals surface area contributed by atoms with Crippen LogP contribution in [0.25, 0.3) is 0 Å². The van der Waals surface area contributed by atoms with Gasteiger partial charge >= 0.3 is 0 Å². The number of hydrogen-bond donors (Lipinski definition) is 2. The molecule has 3 atom stereocenters. The van der Waals surface area contributed by atoms with Crippen molar-refractivity contribution < 1.29 is 9.52 Å². The molecule has 96 valence electrons. The summed E-state index contributed by atoms with van der Waals surface area (Å²) < 4.78 is 7.09. The van der Waals surface area contributed by atoms with Crippen LogP contribution in [0.2, 0.25) is 0 Å². The van der Waals surface area contributed by atoms with Crippen LogP contribution in [0.3, 0.4) is 0 Å². The highest BCUT2D eigenvalue weighted by atomic mass is 16.3. The molecule has 2 N–H and O–H groups in total. The van der Waals surface area contributed by atoms with E-state index in [0.717, 1.165) is 24.3 Å². The molecule has 1 aliphatic rings. The van der Waals surface area contributed by atoms with E-state index in [-0.39, 0.29) is 18.2 Å². The Morgan fingerprint density at radius 1 is 1.61 bits per heavy atom. The molecular formula is C13H17N3O2. The van der Waals surface area contributed by atoms with Gasteiger partial charge in [-0.3, -0.25) is 4.68 Å². The lowest BCUT2D eigenvalue weighted by Crippen LogP contribution is -2.54. The van der Waals surface area contributed by atoms with Crippen LogP contribution in [0, 0.1) is 6.92 Å². The Bertz CT molecular complexity index is 506. The van der Waals surface area contributed by atoms with Gasteiger partial charge in [0.15, 0.2) is 0 Å². The molecule has 3 rings (SSSR count). The lowest BCUT2D eigenvalue weighted by atomic mass is 9.83. The first-order valence-electron chi connectivity index (χ1n) is 6.19. The number of aromatic nitrogens is 2. The van der Waals surface area contributed by atoms with Crippen molar-refractivity contribution in [3.63, 3.8) is 0 Å². The van der Waals surface area contributed by atoms with Crippen LogP contribution in [0.4, 0.5) is 0 Å². The van der Waals surface area contributed by atoms with Crippen LogP contribution in [0.5, 0.6) is 0 Å². The van der Waals surface area contributed by atoms with Gasteiger partial charge in [0.2, 0.25) is 0 Å². The lowest BCUT2D eigenvalue weighted by molar-refractivity contribution is -0.00824. The van der Waals surface area contributed by atoms with Crippen LogP contribution in [0.15, 0.2) is 35.2 Å². The zero-order valence-corrected chi connectivity index (χ0v) is 10.3. The third-order valence-corrected chi connectivity index (χ3v) is 3.65. The van der Waals surface area contributed by atoms with Gasteiger partial charge in [-0.05, 0) is 25.5 Å². The topological polar surface area (TPSA) is 63.2 Å². The van der Waals surface area contributed by atoms with Crippen LogP contribution in [-0.2, 0) is 6.54 Å². The fraction of sp³-hybridized carbons (Fsp3) is 0.462. The molecule has 0 saturated heterocycles. The smallest absolute Gasteiger partial charge is 0.105 e. The number of nitrogens with zero attached hydrogens (tertiary/aromatic N) is 2. The van der Waals surface area contributed by atoms with Gasteiger partial charge in [0.25, 0.3) is 0 Å². The Balaban J connectivity index is 1.62. The van der Waals surface area contributed by atoms with E-state index in [1.54, 1.807) is 12.5 Å². The number of aliphatic hydroxyl groups is 1. The number of furan rings is 1. The Labute approximate surface area is 105 Å². The van der Waals surface area contributed by atoms with Crippen LogP contribution >= 0.6 is 0 Å². The van der Waals surface area contributed by atoms with Crippen molar-refractivity contribution in [2.24, 2.45) is 0 Å². The summed E-state index contributed by atoms with van der Waals surface area (Å²) in [5.41, 5.74) is 1.16. The highest BCUT2D eigenvalue weighted by Crippen LogP contribution is 2.32. The summed E-state index contributed by atoms with van der Waals surface area (Å²) in [4.78, 5) is 0. The van der Waals surface area contributed by atoms with Crippen molar-refractivity contribution in [3.05, 3.63) is 42.1 Å². The van der Waals surface area contributed by atoms with E-state index in [4.69, 9.17) is 4.42 Å². The number of aryl methyl sites for hydroxylation is 1. The number of hydrogen-bond acceptors (Lipinski definition) is 4. The van der Waals surface area contributed by atoms with Crippen LogP contribution in [-0.4, -0.2) is 27.0 Å². The number of aliphatic hydroxyl groups excluding tert-OH is 1. The van der Waals surface area contributed by atoms with E-state index in [2.05, 4.69) is 10.4 Å². The average molecular weight is 247 g/mol. The molecule has 0 bridgehead atoms. The van der Waals surface area contributed by atoms with Gasteiger partial charge in [-0.15, -0.1) is 0 Å². The molecule has 2 aromatic rings. The van der Waals surface area contributed by atoms with Crippen molar-refractivity contribution in [2.45, 2.75) is 38.1 Å². The van der Waals surface area contributed by atoms with Gasteiger partial charge in [0.05, 0.1) is 18.4 Å². The number of rotatable bonds is 4. The van der Waals surface area contributed by atoms with Crippen LogP contribution < -0.4 is 5.32 Å². The lowest BCUT2D eigenvalue weighted by Gasteiger charge is -2.42. The van der Waals surface area contributed by atoms with Crippen LogP contribution in [0.1, 0.15) is 23.8 Å². The summed E-state index contributed by atoms with van der Waals surface area (Å²) in [6.07, 6.45) is 5.79. The fourth-order valence-corrected chi connectivity index (χ4v) is 2.47. The van der Waals surface area contributed by atoms with E-state index < -0.39 is 0 Å². The summed E-state index contributed by atoms with van der Waals surface area (Å²) >= 11 is 0. The predicted molar refractivity (Wildman–Crippen MR) is 66.0 cm³/mol. The third-order valence-electron chi connectivity index (χ3n) is 3.65. The summed E-state index contributed by atoms with van der Waals surface area (Å²) in [5, 5.41) is 17.5. The van der Waals surface area contributed by atoms with E-state index in [1.165, 1.54) is 0 Å². The Morgan fingerprint density at radius 3 is 3.11 bits per heavy atom. The second-order valence-corrected chi connectivity index (χ2v) is 4.77. The highest BCUT2D eigenvalue weighted by Gasteiger charge is 2.41. The molecule has 2 heterocycles. The molecule has 2 aromatic heterocycles. The monoisotopic (exact) mass is 247 g/mol. The van der Waals surface area contributed by atoms with Gasteiger partial charge in [-0.1, -0.05) is 0 Å². The molecule has 1 aliphatic carbocycles. The second kappa shape index (κ2) is 4.59. The van der Waals surface area contributed by atoms with E-state index in [1.807, 2.05) is 29.9 Å². The maximum atomic E-state index is 9.84. The number of nitrogens with one attached hydrogen (secondary N) is 1. The minimum absolute atomic E-state index is 0.0345. The van der Waals surface area contributed by atoms with Gasteiger partial charge in [-0.25, -0.2) is 0 Å². The highest BCUT2D eigenvalue weighted by molar-refractivity contribution is 5.15. The fourth-order valence-electron chi connectivity index (χ4n) is 2.47. The van der Waals surface area contributed by atoms with Gasteiger partial charge < -0.3 is 14.8 Å². The Hall–Kier alpha value is -1.59. The average Bonchev–Trinajstić information content (AvgIpc) is 2.96. The van der Waals surface area contributed by atoms with Crippen molar-refractivity contribution in [1.82, 2.24) is 15.1 Å². The Kier molecular flexibility index (Phi) is 2.93. The maximum Gasteiger partial charge on any atom is 0.105 e. The molecule has 1 fully saturated rings. The van der Waals surface area contributed by atoms with Crippen molar-refractivity contribution in [2.75, 3.05) is 0 Å². The zero-order chi connectivity index (χ0) is 12.5. The molecule has 18 heavy (non-hydrogen) atoms. The third kappa shape index (κ3) is 1.95. The molecular weight excluding hydrogens is 230 g/mol. The first kappa shape index (κ1) is 11.5. The first-order valence-corrected chi connectivity index (χ1v) is 6.19.